The van der Waals surface area contributed by atoms with Crippen molar-refractivity contribution >= 4 is 108 Å². The Balaban J connectivity index is 0.972. The predicted molar refractivity (Wildman–Crippen MR) is 243 cm³/mol. The average Bonchev–Trinajstić information content (AvgIpc) is 3.97. The van der Waals surface area contributed by atoms with Gasteiger partial charge in [0.2, 0.25) is 0 Å². The molecule has 0 aliphatic carbocycles. The summed E-state index contributed by atoms with van der Waals surface area (Å²) in [4.78, 5) is 0. The maximum absolute atomic E-state index is 6.76. The van der Waals surface area contributed by atoms with Crippen molar-refractivity contribution in [2.75, 3.05) is 0 Å². The number of hydrogen-bond acceptors (Lipinski definition) is 3. The van der Waals surface area contributed by atoms with Crippen molar-refractivity contribution in [3.8, 4) is 33.4 Å². The maximum Gasteiger partial charge on any atom is 0.144 e. The predicted octanol–water partition coefficient (Wildman–Crippen LogP) is 16.3. The van der Waals surface area contributed by atoms with E-state index < -0.39 is 0 Å². The van der Waals surface area contributed by atoms with Crippen LogP contribution in [0.3, 0.4) is 0 Å². The topological polar surface area (TPSA) is 26.3 Å². The molecule has 10 aromatic carbocycles. The molecule has 0 unspecified atom stereocenters. The first kappa shape index (κ1) is 31.1. The SMILES string of the molecule is c1ccc(-c2c3ccccc3c(-c3ccc4oc5c(-c6ccc7c(ccc8c7sc7ccc9c%10ccccc%10oc9c78)c6)cccc5c4c3)c3ccccc23)cc1. The average molecular weight is 743 g/mol. The highest BCUT2D eigenvalue weighted by atomic mass is 32.1. The van der Waals surface area contributed by atoms with Gasteiger partial charge in [-0.15, -0.1) is 11.3 Å². The van der Waals surface area contributed by atoms with Crippen LogP contribution < -0.4 is 0 Å². The van der Waals surface area contributed by atoms with Crippen LogP contribution in [0.4, 0.5) is 0 Å². The second kappa shape index (κ2) is 11.7. The highest BCUT2D eigenvalue weighted by Gasteiger charge is 2.20. The van der Waals surface area contributed by atoms with Crippen LogP contribution in [-0.4, -0.2) is 0 Å². The van der Waals surface area contributed by atoms with E-state index in [4.69, 9.17) is 8.83 Å². The van der Waals surface area contributed by atoms with Gasteiger partial charge in [-0.2, -0.15) is 0 Å². The minimum absolute atomic E-state index is 0.889. The number of para-hydroxylation sites is 2. The molecule has 3 heterocycles. The number of thiophene rings is 1. The van der Waals surface area contributed by atoms with Crippen molar-refractivity contribution in [2.24, 2.45) is 0 Å². The maximum atomic E-state index is 6.76. The zero-order valence-electron chi connectivity index (χ0n) is 30.5. The summed E-state index contributed by atoms with van der Waals surface area (Å²) in [6.45, 7) is 0. The monoisotopic (exact) mass is 742 g/mol. The second-order valence-corrected chi connectivity index (χ2v) is 16.1. The van der Waals surface area contributed by atoms with E-state index in [0.29, 0.717) is 0 Å². The molecule has 3 heteroatoms. The van der Waals surface area contributed by atoms with Gasteiger partial charge in [0.15, 0.2) is 0 Å². The van der Waals surface area contributed by atoms with Crippen molar-refractivity contribution in [2.45, 2.75) is 0 Å². The Morgan fingerprint density at radius 2 is 0.930 bits per heavy atom. The largest absolute Gasteiger partial charge is 0.455 e. The molecule has 3 aromatic heterocycles. The zero-order valence-corrected chi connectivity index (χ0v) is 31.4. The minimum Gasteiger partial charge on any atom is -0.455 e. The summed E-state index contributed by atoms with van der Waals surface area (Å²) >= 11 is 1.84. The van der Waals surface area contributed by atoms with Crippen LogP contribution in [0.25, 0.3) is 130 Å². The molecule has 0 atom stereocenters. The third-order valence-corrected chi connectivity index (χ3v) is 13.3. The molecule has 0 saturated heterocycles. The summed E-state index contributed by atoms with van der Waals surface area (Å²) in [5.74, 6) is 0. The van der Waals surface area contributed by atoms with Crippen LogP contribution >= 0.6 is 11.3 Å². The molecule has 2 nitrogen and oxygen atoms in total. The Morgan fingerprint density at radius 1 is 0.333 bits per heavy atom. The highest BCUT2D eigenvalue weighted by molar-refractivity contribution is 7.26. The van der Waals surface area contributed by atoms with Gasteiger partial charge in [0.25, 0.3) is 0 Å². The van der Waals surface area contributed by atoms with Gasteiger partial charge in [-0.3, -0.25) is 0 Å². The van der Waals surface area contributed by atoms with Gasteiger partial charge in [0.1, 0.15) is 22.3 Å². The van der Waals surface area contributed by atoms with Gasteiger partial charge in [0.05, 0.1) is 0 Å². The minimum atomic E-state index is 0.889. The lowest BCUT2D eigenvalue weighted by Crippen LogP contribution is -1.90. The number of benzene rings is 10. The molecule has 0 amide bonds. The molecule has 13 rings (SSSR count). The number of hydrogen-bond donors (Lipinski definition) is 0. The van der Waals surface area contributed by atoms with Crippen molar-refractivity contribution in [1.29, 1.82) is 0 Å². The van der Waals surface area contributed by atoms with Crippen molar-refractivity contribution in [3.05, 3.63) is 182 Å². The van der Waals surface area contributed by atoms with E-state index >= 15 is 0 Å². The van der Waals surface area contributed by atoms with Crippen molar-refractivity contribution in [1.82, 2.24) is 0 Å². The summed E-state index contributed by atoms with van der Waals surface area (Å²) < 4.78 is 15.8. The fourth-order valence-electron chi connectivity index (χ4n) is 9.53. The fraction of sp³-hybridized carbons (Fsp3) is 0. The number of rotatable bonds is 3. The van der Waals surface area contributed by atoms with Gasteiger partial charge in [-0.1, -0.05) is 146 Å². The lowest BCUT2D eigenvalue weighted by Gasteiger charge is -2.17. The summed E-state index contributed by atoms with van der Waals surface area (Å²) in [5, 5.41) is 14.5. The highest BCUT2D eigenvalue weighted by Crippen LogP contribution is 2.47. The lowest BCUT2D eigenvalue weighted by atomic mass is 9.86. The van der Waals surface area contributed by atoms with E-state index in [0.717, 1.165) is 49.6 Å². The van der Waals surface area contributed by atoms with Crippen LogP contribution in [0, 0.1) is 0 Å². The first-order valence-electron chi connectivity index (χ1n) is 19.4. The summed E-state index contributed by atoms with van der Waals surface area (Å²) in [5.41, 5.74) is 10.9. The van der Waals surface area contributed by atoms with Gasteiger partial charge in [0, 0.05) is 47.3 Å². The first-order valence-corrected chi connectivity index (χ1v) is 20.2. The van der Waals surface area contributed by atoms with Crippen LogP contribution in [0.15, 0.2) is 191 Å². The Kier molecular flexibility index (Phi) is 6.35. The Bertz CT molecular complexity index is 3750. The molecule has 0 radical (unpaired) electrons. The molecule has 57 heavy (non-hydrogen) atoms. The molecule has 0 aliphatic rings. The quantitative estimate of drug-likeness (QED) is 0.169. The van der Waals surface area contributed by atoms with Crippen LogP contribution in [0.1, 0.15) is 0 Å². The first-order chi connectivity index (χ1) is 28.3. The van der Waals surface area contributed by atoms with Crippen LogP contribution in [0.5, 0.6) is 0 Å². The fourth-order valence-corrected chi connectivity index (χ4v) is 10.8. The number of fused-ring (bicyclic) bond motifs is 14. The molecule has 264 valence electrons. The standard InChI is InChI=1S/C54H30O2S/c1-2-11-31(12-3-1)49-38-14-4-6-16-40(38)50(41-17-7-5-15-39(41)49)34-23-27-47-45(30-34)42-19-10-18-35(52(42)55-47)32-21-24-36-33(29-32)22-25-44-51-48(57-54(36)44)28-26-43-37-13-8-9-20-46(37)56-53(43)51/h1-30H. The molecular weight excluding hydrogens is 713 g/mol. The van der Waals surface area contributed by atoms with Gasteiger partial charge >= 0.3 is 0 Å². The normalized spacial score (nSPS) is 12.2. The van der Waals surface area contributed by atoms with Gasteiger partial charge in [-0.25, -0.2) is 0 Å². The van der Waals surface area contributed by atoms with Gasteiger partial charge in [-0.05, 0) is 96.5 Å². The van der Waals surface area contributed by atoms with E-state index in [9.17, 15) is 0 Å². The molecule has 0 aliphatic heterocycles. The molecular formula is C54H30O2S. The molecule has 0 N–H and O–H groups in total. The molecule has 0 fully saturated rings. The van der Waals surface area contributed by atoms with Crippen molar-refractivity contribution < 1.29 is 8.83 Å². The lowest BCUT2D eigenvalue weighted by molar-refractivity contribution is 0.670. The third-order valence-electron chi connectivity index (χ3n) is 12.1. The summed E-state index contributed by atoms with van der Waals surface area (Å²) in [6.07, 6.45) is 0. The molecule has 0 spiro atoms. The molecule has 0 bridgehead atoms. The Hall–Kier alpha value is -7.20. The Morgan fingerprint density at radius 3 is 1.72 bits per heavy atom. The summed E-state index contributed by atoms with van der Waals surface area (Å²) in [6, 6.07) is 65.9. The number of furan rings is 2. The zero-order chi connectivity index (χ0) is 37.2. The van der Waals surface area contributed by atoms with Crippen molar-refractivity contribution in [3.63, 3.8) is 0 Å². The second-order valence-electron chi connectivity index (χ2n) is 15.1. The van der Waals surface area contributed by atoms with E-state index in [1.54, 1.807) is 0 Å². The van der Waals surface area contributed by atoms with E-state index in [1.807, 2.05) is 17.4 Å². The molecule has 0 saturated carbocycles. The summed E-state index contributed by atoms with van der Waals surface area (Å²) in [7, 11) is 0. The van der Waals surface area contributed by atoms with Gasteiger partial charge < -0.3 is 8.83 Å². The molecule has 13 aromatic rings. The third kappa shape index (κ3) is 4.40. The van der Waals surface area contributed by atoms with Crippen LogP contribution in [-0.2, 0) is 0 Å². The Labute approximate surface area is 330 Å². The van der Waals surface area contributed by atoms with Crippen LogP contribution in [0.2, 0.25) is 0 Å². The van der Waals surface area contributed by atoms with E-state index in [2.05, 4.69) is 176 Å². The van der Waals surface area contributed by atoms with E-state index in [1.165, 1.54) is 80.1 Å². The van der Waals surface area contributed by atoms with E-state index in [-0.39, 0.29) is 0 Å². The smallest absolute Gasteiger partial charge is 0.144 e.